The van der Waals surface area contributed by atoms with E-state index in [-0.39, 0.29) is 0 Å². The molecule has 17 heavy (non-hydrogen) atoms. The minimum absolute atomic E-state index is 0.482. The molecule has 3 unspecified atom stereocenters. The van der Waals surface area contributed by atoms with Crippen LogP contribution in [0.5, 0.6) is 0 Å². The standard InChI is InChI=1S/C14H28N2O/c1-17-14-8-5-7-12(10-14)16-9-4-2-3-6-13(16)11-15/h12-14H,2-11,15H2,1H3. The van der Waals surface area contributed by atoms with Gasteiger partial charge in [-0.25, -0.2) is 0 Å². The Balaban J connectivity index is 1.96. The van der Waals surface area contributed by atoms with E-state index in [1.54, 1.807) is 0 Å². The van der Waals surface area contributed by atoms with Crippen LogP contribution in [0.1, 0.15) is 51.4 Å². The predicted octanol–water partition coefficient (Wildman–Crippen LogP) is 2.15. The van der Waals surface area contributed by atoms with E-state index in [0.717, 1.165) is 12.6 Å². The van der Waals surface area contributed by atoms with Gasteiger partial charge in [0.2, 0.25) is 0 Å². The Labute approximate surface area is 106 Å². The van der Waals surface area contributed by atoms with Gasteiger partial charge in [-0.3, -0.25) is 4.90 Å². The van der Waals surface area contributed by atoms with E-state index >= 15 is 0 Å². The van der Waals surface area contributed by atoms with Gasteiger partial charge in [0.05, 0.1) is 6.10 Å². The Morgan fingerprint density at radius 1 is 1.12 bits per heavy atom. The van der Waals surface area contributed by atoms with Gasteiger partial charge in [0.1, 0.15) is 0 Å². The van der Waals surface area contributed by atoms with Gasteiger partial charge in [-0.15, -0.1) is 0 Å². The monoisotopic (exact) mass is 240 g/mol. The summed E-state index contributed by atoms with van der Waals surface area (Å²) in [4.78, 5) is 2.71. The number of rotatable bonds is 3. The lowest BCUT2D eigenvalue weighted by Crippen LogP contribution is -2.49. The molecule has 1 saturated heterocycles. The molecule has 0 aromatic rings. The first-order chi connectivity index (χ1) is 8.35. The van der Waals surface area contributed by atoms with Gasteiger partial charge in [-0.1, -0.05) is 12.8 Å². The van der Waals surface area contributed by atoms with Gasteiger partial charge in [0.25, 0.3) is 0 Å². The fraction of sp³-hybridized carbons (Fsp3) is 1.00. The lowest BCUT2D eigenvalue weighted by molar-refractivity contribution is 0.0161. The molecule has 0 amide bonds. The van der Waals surface area contributed by atoms with Crippen LogP contribution in [-0.2, 0) is 4.74 Å². The van der Waals surface area contributed by atoms with E-state index in [0.29, 0.717) is 12.1 Å². The second-order valence-corrected chi connectivity index (χ2v) is 5.65. The van der Waals surface area contributed by atoms with Crippen molar-refractivity contribution in [3.05, 3.63) is 0 Å². The van der Waals surface area contributed by atoms with Crippen molar-refractivity contribution in [2.45, 2.75) is 69.6 Å². The van der Waals surface area contributed by atoms with Gasteiger partial charge in [-0.2, -0.15) is 0 Å². The molecule has 100 valence electrons. The maximum Gasteiger partial charge on any atom is 0.0586 e. The highest BCUT2D eigenvalue weighted by Crippen LogP contribution is 2.29. The maximum atomic E-state index is 5.96. The lowest BCUT2D eigenvalue weighted by Gasteiger charge is -2.40. The predicted molar refractivity (Wildman–Crippen MR) is 71.1 cm³/mol. The van der Waals surface area contributed by atoms with E-state index < -0.39 is 0 Å². The summed E-state index contributed by atoms with van der Waals surface area (Å²) in [6.45, 7) is 2.08. The smallest absolute Gasteiger partial charge is 0.0586 e. The zero-order valence-electron chi connectivity index (χ0n) is 11.2. The van der Waals surface area contributed by atoms with Crippen LogP contribution in [-0.4, -0.2) is 43.3 Å². The third-order valence-electron chi connectivity index (χ3n) is 4.60. The molecule has 0 aromatic heterocycles. The van der Waals surface area contributed by atoms with Gasteiger partial charge in [0.15, 0.2) is 0 Å². The summed E-state index contributed by atoms with van der Waals surface area (Å²) < 4.78 is 5.55. The van der Waals surface area contributed by atoms with Crippen molar-refractivity contribution in [2.24, 2.45) is 5.73 Å². The Hall–Kier alpha value is -0.120. The van der Waals surface area contributed by atoms with Crippen molar-refractivity contribution in [1.29, 1.82) is 0 Å². The van der Waals surface area contributed by atoms with Crippen molar-refractivity contribution in [3.8, 4) is 0 Å². The van der Waals surface area contributed by atoms with Gasteiger partial charge >= 0.3 is 0 Å². The maximum absolute atomic E-state index is 5.96. The van der Waals surface area contributed by atoms with Crippen LogP contribution in [0.4, 0.5) is 0 Å². The summed E-state index contributed by atoms with van der Waals surface area (Å²) in [5, 5.41) is 0. The minimum Gasteiger partial charge on any atom is -0.381 e. The van der Waals surface area contributed by atoms with Crippen LogP contribution < -0.4 is 5.73 Å². The van der Waals surface area contributed by atoms with Crippen LogP contribution in [0.25, 0.3) is 0 Å². The first-order valence-electron chi connectivity index (χ1n) is 7.33. The zero-order chi connectivity index (χ0) is 12.1. The SMILES string of the molecule is COC1CCCC(N2CCCCCC2CN)C1. The molecule has 1 saturated carbocycles. The third kappa shape index (κ3) is 3.43. The fourth-order valence-corrected chi connectivity index (χ4v) is 3.57. The largest absolute Gasteiger partial charge is 0.381 e. The lowest BCUT2D eigenvalue weighted by atomic mass is 9.90. The van der Waals surface area contributed by atoms with E-state index in [2.05, 4.69) is 4.90 Å². The van der Waals surface area contributed by atoms with Crippen molar-refractivity contribution >= 4 is 0 Å². The van der Waals surface area contributed by atoms with Crippen LogP contribution in [0.3, 0.4) is 0 Å². The molecule has 3 heteroatoms. The zero-order valence-corrected chi connectivity index (χ0v) is 11.2. The molecule has 2 rings (SSSR count). The van der Waals surface area contributed by atoms with E-state index in [4.69, 9.17) is 10.5 Å². The number of likely N-dealkylation sites (tertiary alicyclic amines) is 1. The summed E-state index contributed by atoms with van der Waals surface area (Å²) >= 11 is 0. The van der Waals surface area contributed by atoms with Crippen LogP contribution >= 0.6 is 0 Å². The molecular weight excluding hydrogens is 212 g/mol. The van der Waals surface area contributed by atoms with E-state index in [1.165, 1.54) is 57.9 Å². The molecular formula is C14H28N2O. The molecule has 2 N–H and O–H groups in total. The quantitative estimate of drug-likeness (QED) is 0.821. The molecule has 2 aliphatic rings. The van der Waals surface area contributed by atoms with Gasteiger partial charge in [0, 0.05) is 25.7 Å². The first kappa shape index (κ1) is 13.3. The van der Waals surface area contributed by atoms with Crippen molar-refractivity contribution in [1.82, 2.24) is 4.90 Å². The van der Waals surface area contributed by atoms with E-state index in [1.807, 2.05) is 7.11 Å². The topological polar surface area (TPSA) is 38.5 Å². The third-order valence-corrected chi connectivity index (χ3v) is 4.60. The number of hydrogen-bond donors (Lipinski definition) is 1. The summed E-state index contributed by atoms with van der Waals surface area (Å²) in [6, 6.07) is 1.35. The second-order valence-electron chi connectivity index (χ2n) is 5.65. The summed E-state index contributed by atoms with van der Waals surface area (Å²) in [6.07, 6.45) is 11.0. The highest BCUT2D eigenvalue weighted by atomic mass is 16.5. The molecule has 1 aliphatic heterocycles. The van der Waals surface area contributed by atoms with Crippen molar-refractivity contribution in [3.63, 3.8) is 0 Å². The molecule has 3 atom stereocenters. The number of hydrogen-bond acceptors (Lipinski definition) is 3. The molecule has 0 bridgehead atoms. The first-order valence-corrected chi connectivity index (χ1v) is 7.33. The van der Waals surface area contributed by atoms with Crippen LogP contribution in [0.15, 0.2) is 0 Å². The summed E-state index contributed by atoms with van der Waals surface area (Å²) in [7, 11) is 1.86. The highest BCUT2D eigenvalue weighted by molar-refractivity contribution is 4.86. The second kappa shape index (κ2) is 6.72. The number of nitrogens with two attached hydrogens (primary N) is 1. The highest BCUT2D eigenvalue weighted by Gasteiger charge is 2.31. The van der Waals surface area contributed by atoms with Crippen LogP contribution in [0, 0.1) is 0 Å². The number of ether oxygens (including phenoxy) is 1. The average Bonchev–Trinajstić information content (AvgIpc) is 2.63. The minimum atomic E-state index is 0.482. The molecule has 2 fully saturated rings. The molecule has 0 spiro atoms. The summed E-state index contributed by atoms with van der Waals surface area (Å²) in [5.74, 6) is 0. The van der Waals surface area contributed by atoms with E-state index in [9.17, 15) is 0 Å². The Morgan fingerprint density at radius 3 is 2.76 bits per heavy atom. The molecule has 0 radical (unpaired) electrons. The van der Waals surface area contributed by atoms with Gasteiger partial charge < -0.3 is 10.5 Å². The number of methoxy groups -OCH3 is 1. The van der Waals surface area contributed by atoms with Crippen LogP contribution in [0.2, 0.25) is 0 Å². The molecule has 1 heterocycles. The summed E-state index contributed by atoms with van der Waals surface area (Å²) in [5.41, 5.74) is 5.96. The average molecular weight is 240 g/mol. The van der Waals surface area contributed by atoms with Gasteiger partial charge in [-0.05, 0) is 45.1 Å². The Bertz CT molecular complexity index is 222. The Morgan fingerprint density at radius 2 is 2.00 bits per heavy atom. The number of nitrogens with zero attached hydrogens (tertiary/aromatic N) is 1. The molecule has 0 aromatic carbocycles. The van der Waals surface area contributed by atoms with Crippen molar-refractivity contribution in [2.75, 3.05) is 20.2 Å². The Kier molecular flexibility index (Phi) is 5.26. The fourth-order valence-electron chi connectivity index (χ4n) is 3.57. The molecule has 1 aliphatic carbocycles. The van der Waals surface area contributed by atoms with Crippen molar-refractivity contribution < 1.29 is 4.74 Å². The molecule has 3 nitrogen and oxygen atoms in total. The normalized spacial score (nSPS) is 36.7.